The van der Waals surface area contributed by atoms with Gasteiger partial charge in [0.15, 0.2) is 0 Å². The molecule has 0 N–H and O–H groups in total. The fraction of sp³-hybridized carbons (Fsp3) is 0.273. The number of amides is 1. The third kappa shape index (κ3) is 3.64. The largest absolute Gasteiger partial charge is 0.497 e. The molecule has 6 heteroatoms. The van der Waals surface area contributed by atoms with Crippen LogP contribution in [0.5, 0.6) is 5.75 Å². The lowest BCUT2D eigenvalue weighted by Crippen LogP contribution is -2.28. The molecule has 4 rings (SSSR count). The number of methoxy groups -OCH3 is 1. The van der Waals surface area contributed by atoms with Crippen LogP contribution in [0.15, 0.2) is 48.5 Å². The maximum atomic E-state index is 13.2. The second-order valence-electron chi connectivity index (χ2n) is 6.95. The highest BCUT2D eigenvalue weighted by Crippen LogP contribution is 2.33. The van der Waals surface area contributed by atoms with Gasteiger partial charge in [0.25, 0.3) is 5.91 Å². The minimum absolute atomic E-state index is 0.0272. The predicted molar refractivity (Wildman–Crippen MR) is 109 cm³/mol. The molecule has 1 fully saturated rings. The Kier molecular flexibility index (Phi) is 5.13. The second-order valence-corrected chi connectivity index (χ2v) is 7.95. The van der Waals surface area contributed by atoms with E-state index in [1.807, 2.05) is 24.0 Å². The Morgan fingerprint density at radius 2 is 1.89 bits per heavy atom. The summed E-state index contributed by atoms with van der Waals surface area (Å²) < 4.78 is 18.4. The number of halogens is 1. The summed E-state index contributed by atoms with van der Waals surface area (Å²) in [6, 6.07) is 14.3. The van der Waals surface area contributed by atoms with Crippen molar-refractivity contribution < 1.29 is 13.9 Å². The van der Waals surface area contributed by atoms with Gasteiger partial charge < -0.3 is 9.64 Å². The van der Waals surface area contributed by atoms with E-state index in [0.29, 0.717) is 17.3 Å². The molecular weight excluding hydrogens is 375 g/mol. The molecule has 1 unspecified atom stereocenters. The molecular formula is C22H21FN2O2S. The summed E-state index contributed by atoms with van der Waals surface area (Å²) in [6.45, 7) is 3.29. The molecule has 1 aromatic heterocycles. The Morgan fingerprint density at radius 1 is 1.18 bits per heavy atom. The molecule has 28 heavy (non-hydrogen) atoms. The van der Waals surface area contributed by atoms with Crippen LogP contribution in [0.3, 0.4) is 0 Å². The van der Waals surface area contributed by atoms with Gasteiger partial charge in [-0.3, -0.25) is 4.79 Å². The van der Waals surface area contributed by atoms with Crippen molar-refractivity contribution in [2.75, 3.05) is 20.2 Å². The zero-order chi connectivity index (χ0) is 19.7. The number of aryl methyl sites for hydroxylation is 1. The molecule has 1 aliphatic heterocycles. The van der Waals surface area contributed by atoms with E-state index in [-0.39, 0.29) is 11.7 Å². The third-order valence-corrected chi connectivity index (χ3v) is 6.34. The summed E-state index contributed by atoms with van der Waals surface area (Å²) in [5, 5.41) is 0.742. The number of benzene rings is 2. The highest BCUT2D eigenvalue weighted by atomic mass is 32.1. The number of nitrogens with zero attached hydrogens (tertiary/aromatic N) is 2. The van der Waals surface area contributed by atoms with E-state index in [9.17, 15) is 9.18 Å². The first-order valence-corrected chi connectivity index (χ1v) is 10.0. The molecule has 1 amide bonds. The minimum atomic E-state index is -0.282. The Morgan fingerprint density at radius 3 is 2.57 bits per heavy atom. The molecule has 2 heterocycles. The topological polar surface area (TPSA) is 42.4 Å². The number of carbonyl (C=O) groups is 1. The fourth-order valence-electron chi connectivity index (χ4n) is 3.55. The molecule has 1 aliphatic rings. The predicted octanol–water partition coefficient (Wildman–Crippen LogP) is 4.90. The standard InChI is InChI=1S/C22H21FN2O2S/c1-14-20(28-21(24-14)16-3-7-18(23)8-4-16)22(26)25-12-11-17(13-25)15-5-9-19(27-2)10-6-15/h3-10,17H,11-13H2,1-2H3. The minimum Gasteiger partial charge on any atom is -0.497 e. The zero-order valence-corrected chi connectivity index (χ0v) is 16.6. The Balaban J connectivity index is 1.49. The normalized spacial score (nSPS) is 16.4. The van der Waals surface area contributed by atoms with E-state index >= 15 is 0 Å². The van der Waals surface area contributed by atoms with Crippen LogP contribution in [0.2, 0.25) is 0 Å². The summed E-state index contributed by atoms with van der Waals surface area (Å²) in [7, 11) is 1.66. The van der Waals surface area contributed by atoms with Crippen LogP contribution < -0.4 is 4.74 Å². The highest BCUT2D eigenvalue weighted by molar-refractivity contribution is 7.17. The summed E-state index contributed by atoms with van der Waals surface area (Å²) in [4.78, 5) is 20.2. The summed E-state index contributed by atoms with van der Waals surface area (Å²) in [5.74, 6) is 0.914. The Hall–Kier alpha value is -2.73. The Bertz CT molecular complexity index is 983. The number of hydrogen-bond donors (Lipinski definition) is 0. The van der Waals surface area contributed by atoms with Crippen molar-refractivity contribution in [3.05, 3.63) is 70.5 Å². The van der Waals surface area contributed by atoms with Crippen molar-refractivity contribution in [2.24, 2.45) is 0 Å². The van der Waals surface area contributed by atoms with Gasteiger partial charge in [-0.25, -0.2) is 9.37 Å². The number of aromatic nitrogens is 1. The molecule has 4 nitrogen and oxygen atoms in total. The van der Waals surface area contributed by atoms with Crippen molar-refractivity contribution in [3.63, 3.8) is 0 Å². The second kappa shape index (κ2) is 7.72. The molecule has 0 spiro atoms. The number of rotatable bonds is 4. The highest BCUT2D eigenvalue weighted by Gasteiger charge is 2.30. The summed E-state index contributed by atoms with van der Waals surface area (Å²) >= 11 is 1.37. The lowest BCUT2D eigenvalue weighted by Gasteiger charge is -2.16. The first kappa shape index (κ1) is 18.6. The molecule has 0 aliphatic carbocycles. The van der Waals surface area contributed by atoms with Crippen molar-refractivity contribution in [2.45, 2.75) is 19.3 Å². The van der Waals surface area contributed by atoms with Crippen LogP contribution in [-0.4, -0.2) is 36.0 Å². The van der Waals surface area contributed by atoms with Gasteiger partial charge in [-0.1, -0.05) is 12.1 Å². The molecule has 2 aromatic carbocycles. The van der Waals surface area contributed by atoms with Crippen LogP contribution in [0.1, 0.15) is 33.3 Å². The molecule has 3 aromatic rings. The molecule has 0 bridgehead atoms. The number of hydrogen-bond acceptors (Lipinski definition) is 4. The number of ether oxygens (including phenoxy) is 1. The van der Waals surface area contributed by atoms with Gasteiger partial charge in [-0.2, -0.15) is 0 Å². The molecule has 0 radical (unpaired) electrons. The van der Waals surface area contributed by atoms with E-state index in [2.05, 4.69) is 17.1 Å². The monoisotopic (exact) mass is 396 g/mol. The van der Waals surface area contributed by atoms with Crippen molar-refractivity contribution in [3.8, 4) is 16.3 Å². The lowest BCUT2D eigenvalue weighted by molar-refractivity contribution is 0.0794. The molecule has 1 atom stereocenters. The molecule has 1 saturated heterocycles. The van der Waals surface area contributed by atoms with Gasteiger partial charge in [0.05, 0.1) is 12.8 Å². The number of likely N-dealkylation sites (tertiary alicyclic amines) is 1. The lowest BCUT2D eigenvalue weighted by atomic mass is 9.98. The van der Waals surface area contributed by atoms with Crippen molar-refractivity contribution in [1.82, 2.24) is 9.88 Å². The fourth-order valence-corrected chi connectivity index (χ4v) is 4.59. The Labute approximate surface area is 167 Å². The van der Waals surface area contributed by atoms with E-state index in [1.54, 1.807) is 19.2 Å². The average molecular weight is 396 g/mol. The van der Waals surface area contributed by atoms with E-state index in [1.165, 1.54) is 29.0 Å². The van der Waals surface area contributed by atoms with Crippen molar-refractivity contribution in [1.29, 1.82) is 0 Å². The zero-order valence-electron chi connectivity index (χ0n) is 15.8. The van der Waals surface area contributed by atoms with Crippen LogP contribution >= 0.6 is 11.3 Å². The summed E-state index contributed by atoms with van der Waals surface area (Å²) in [6.07, 6.45) is 0.945. The maximum absolute atomic E-state index is 13.2. The van der Waals surface area contributed by atoms with Crippen LogP contribution in [0.4, 0.5) is 4.39 Å². The molecule has 0 saturated carbocycles. The number of carbonyl (C=O) groups excluding carboxylic acids is 1. The van der Waals surface area contributed by atoms with Gasteiger partial charge in [0.1, 0.15) is 21.5 Å². The van der Waals surface area contributed by atoms with Crippen LogP contribution in [0, 0.1) is 12.7 Å². The SMILES string of the molecule is COc1ccc(C2CCN(C(=O)c3sc(-c4ccc(F)cc4)nc3C)C2)cc1. The van der Waals surface area contributed by atoms with E-state index in [4.69, 9.17) is 4.74 Å². The van der Waals surface area contributed by atoms with Gasteiger partial charge in [0, 0.05) is 24.6 Å². The number of thiazole rings is 1. The maximum Gasteiger partial charge on any atom is 0.265 e. The van der Waals surface area contributed by atoms with Crippen molar-refractivity contribution >= 4 is 17.2 Å². The smallest absolute Gasteiger partial charge is 0.265 e. The van der Waals surface area contributed by atoms with Crippen LogP contribution in [-0.2, 0) is 0 Å². The third-order valence-electron chi connectivity index (χ3n) is 5.14. The van der Waals surface area contributed by atoms with E-state index in [0.717, 1.165) is 35.0 Å². The first-order valence-electron chi connectivity index (χ1n) is 9.21. The van der Waals surface area contributed by atoms with Gasteiger partial charge in [-0.15, -0.1) is 11.3 Å². The quantitative estimate of drug-likeness (QED) is 0.630. The summed E-state index contributed by atoms with van der Waals surface area (Å²) in [5.41, 5.74) is 2.78. The van der Waals surface area contributed by atoms with Gasteiger partial charge in [0.2, 0.25) is 0 Å². The first-order chi connectivity index (χ1) is 13.5. The van der Waals surface area contributed by atoms with Crippen LogP contribution in [0.25, 0.3) is 10.6 Å². The average Bonchev–Trinajstić information content (AvgIpc) is 3.35. The van der Waals surface area contributed by atoms with E-state index < -0.39 is 0 Å². The molecule has 144 valence electrons. The van der Waals surface area contributed by atoms with Gasteiger partial charge in [-0.05, 0) is 55.3 Å². The van der Waals surface area contributed by atoms with Gasteiger partial charge >= 0.3 is 0 Å².